The van der Waals surface area contributed by atoms with Crippen molar-refractivity contribution in [2.75, 3.05) is 50.7 Å². The lowest BCUT2D eigenvalue weighted by Crippen LogP contribution is -2.40. The first-order chi connectivity index (χ1) is 10.7. The molecular weight excluding hydrogens is 317 g/mol. The number of anilines is 2. The van der Waals surface area contributed by atoms with Crippen LogP contribution >= 0.6 is 0 Å². The fourth-order valence-corrected chi connectivity index (χ4v) is 2.26. The van der Waals surface area contributed by atoms with Crippen LogP contribution in [0.2, 0.25) is 0 Å². The first-order valence-corrected chi connectivity index (χ1v) is 6.86. The summed E-state index contributed by atoms with van der Waals surface area (Å²) >= 11 is 0. The molecule has 0 aliphatic carbocycles. The van der Waals surface area contributed by atoms with Gasteiger partial charge in [-0.25, -0.2) is 5.01 Å². The second-order valence-corrected chi connectivity index (χ2v) is 5.25. The molecule has 1 aromatic carbocycles. The molecule has 1 aliphatic rings. The van der Waals surface area contributed by atoms with Crippen molar-refractivity contribution in [3.8, 4) is 0 Å². The molecule has 0 amide bonds. The molecule has 0 bridgehead atoms. The van der Waals surface area contributed by atoms with Crippen LogP contribution in [0.25, 0.3) is 0 Å². The molecule has 1 saturated heterocycles. The SMILES string of the molecule is CN(C)c1cc(NN2CCOCC2)c([N+](=O)[O-])cc1C(F)(F)F. The van der Waals surface area contributed by atoms with Gasteiger partial charge >= 0.3 is 6.18 Å². The van der Waals surface area contributed by atoms with Crippen LogP contribution < -0.4 is 10.3 Å². The highest BCUT2D eigenvalue weighted by Gasteiger charge is 2.37. The number of nitrogens with zero attached hydrogens (tertiary/aromatic N) is 3. The summed E-state index contributed by atoms with van der Waals surface area (Å²) < 4.78 is 44.6. The zero-order valence-electron chi connectivity index (χ0n) is 12.7. The molecule has 1 aliphatic heterocycles. The molecule has 0 unspecified atom stereocenters. The van der Waals surface area contributed by atoms with E-state index in [9.17, 15) is 23.3 Å². The minimum Gasteiger partial charge on any atom is -0.379 e. The molecule has 1 fully saturated rings. The van der Waals surface area contributed by atoms with Crippen molar-refractivity contribution in [2.24, 2.45) is 0 Å². The van der Waals surface area contributed by atoms with Crippen LogP contribution in [0.3, 0.4) is 0 Å². The van der Waals surface area contributed by atoms with Crippen LogP contribution in [-0.2, 0) is 10.9 Å². The summed E-state index contributed by atoms with van der Waals surface area (Å²) in [6, 6.07) is 1.72. The predicted octanol–water partition coefficient (Wildman–Crippen LogP) is 2.34. The van der Waals surface area contributed by atoms with Crippen LogP contribution in [0.5, 0.6) is 0 Å². The number of hydrazine groups is 1. The van der Waals surface area contributed by atoms with Gasteiger partial charge < -0.3 is 15.1 Å². The topological polar surface area (TPSA) is 70.9 Å². The van der Waals surface area contributed by atoms with E-state index in [1.807, 2.05) is 0 Å². The van der Waals surface area contributed by atoms with E-state index in [-0.39, 0.29) is 11.4 Å². The van der Waals surface area contributed by atoms with Crippen LogP contribution in [-0.4, -0.2) is 50.3 Å². The summed E-state index contributed by atoms with van der Waals surface area (Å²) in [6.45, 7) is 1.86. The number of benzene rings is 1. The van der Waals surface area contributed by atoms with Crippen molar-refractivity contribution in [3.63, 3.8) is 0 Å². The zero-order valence-corrected chi connectivity index (χ0v) is 12.7. The largest absolute Gasteiger partial charge is 0.418 e. The molecule has 1 heterocycles. The fraction of sp³-hybridized carbons (Fsp3) is 0.538. The number of ether oxygens (including phenoxy) is 1. The van der Waals surface area contributed by atoms with Crippen LogP contribution in [0, 0.1) is 10.1 Å². The Morgan fingerprint density at radius 2 is 1.91 bits per heavy atom. The van der Waals surface area contributed by atoms with Gasteiger partial charge in [-0.05, 0) is 6.07 Å². The van der Waals surface area contributed by atoms with Crippen LogP contribution in [0.15, 0.2) is 12.1 Å². The zero-order chi connectivity index (χ0) is 17.2. The second-order valence-electron chi connectivity index (χ2n) is 5.25. The smallest absolute Gasteiger partial charge is 0.379 e. The Kier molecular flexibility index (Phi) is 4.95. The third-order valence-electron chi connectivity index (χ3n) is 3.39. The molecule has 1 aromatic rings. The summed E-state index contributed by atoms with van der Waals surface area (Å²) in [6.07, 6.45) is -4.68. The Hall–Kier alpha value is -2.07. The molecule has 7 nitrogen and oxygen atoms in total. The summed E-state index contributed by atoms with van der Waals surface area (Å²) in [5, 5.41) is 12.8. The van der Waals surface area contributed by atoms with Crippen molar-refractivity contribution in [1.82, 2.24) is 5.01 Å². The molecule has 0 spiro atoms. The summed E-state index contributed by atoms with van der Waals surface area (Å²) in [7, 11) is 2.91. The highest BCUT2D eigenvalue weighted by Crippen LogP contribution is 2.41. The number of nitro benzene ring substituents is 1. The number of nitro groups is 1. The van der Waals surface area contributed by atoms with Gasteiger partial charge in [0.1, 0.15) is 5.69 Å². The lowest BCUT2D eigenvalue weighted by Gasteiger charge is -2.28. The first kappa shape index (κ1) is 17.3. The quantitative estimate of drug-likeness (QED) is 0.673. The molecule has 1 N–H and O–H groups in total. The van der Waals surface area contributed by atoms with E-state index in [0.717, 1.165) is 6.07 Å². The highest BCUT2D eigenvalue weighted by atomic mass is 19.4. The third kappa shape index (κ3) is 4.02. The van der Waals surface area contributed by atoms with Gasteiger partial charge in [0.15, 0.2) is 0 Å². The highest BCUT2D eigenvalue weighted by molar-refractivity contribution is 5.72. The van der Waals surface area contributed by atoms with Gasteiger partial charge in [0.2, 0.25) is 0 Å². The molecule has 0 saturated carbocycles. The van der Waals surface area contributed by atoms with E-state index in [0.29, 0.717) is 32.4 Å². The van der Waals surface area contributed by atoms with E-state index < -0.39 is 22.4 Å². The molecule has 128 valence electrons. The maximum atomic E-state index is 13.1. The van der Waals surface area contributed by atoms with Gasteiger partial charge in [0, 0.05) is 33.3 Å². The summed E-state index contributed by atoms with van der Waals surface area (Å²) in [5.74, 6) is 0. The average molecular weight is 334 g/mol. The van der Waals surface area contributed by atoms with Crippen LogP contribution in [0.1, 0.15) is 5.56 Å². The van der Waals surface area contributed by atoms with Gasteiger partial charge in [0.05, 0.1) is 29.4 Å². The second kappa shape index (κ2) is 6.59. The lowest BCUT2D eigenvalue weighted by molar-refractivity contribution is -0.384. The predicted molar refractivity (Wildman–Crippen MR) is 78.4 cm³/mol. The minimum absolute atomic E-state index is 0.0219. The molecule has 23 heavy (non-hydrogen) atoms. The average Bonchev–Trinajstić information content (AvgIpc) is 2.46. The van der Waals surface area contributed by atoms with E-state index in [4.69, 9.17) is 4.74 Å². The minimum atomic E-state index is -4.68. The number of hydrogen-bond acceptors (Lipinski definition) is 6. The molecule has 10 heteroatoms. The Morgan fingerprint density at radius 1 is 1.30 bits per heavy atom. The fourth-order valence-electron chi connectivity index (χ4n) is 2.26. The number of halogens is 3. The number of rotatable bonds is 4. The number of morpholine rings is 1. The van der Waals surface area contributed by atoms with Gasteiger partial charge in [-0.15, -0.1) is 0 Å². The van der Waals surface area contributed by atoms with Gasteiger partial charge in [-0.1, -0.05) is 0 Å². The standard InChI is InChI=1S/C13H17F3N4O3/c1-18(2)11-8-10(17-19-3-5-23-6-4-19)12(20(21)22)7-9(11)13(14,15)16/h7-8,17H,3-6H2,1-2H3. The van der Waals surface area contributed by atoms with E-state index in [2.05, 4.69) is 5.43 Å². The molecule has 0 aromatic heterocycles. The maximum absolute atomic E-state index is 13.1. The van der Waals surface area contributed by atoms with Crippen molar-refractivity contribution in [1.29, 1.82) is 0 Å². The molecular formula is C13H17F3N4O3. The number of hydrogen-bond donors (Lipinski definition) is 1. The normalized spacial score (nSPS) is 16.2. The Morgan fingerprint density at radius 3 is 2.39 bits per heavy atom. The number of nitrogens with one attached hydrogen (secondary N) is 1. The molecule has 0 atom stereocenters. The van der Waals surface area contributed by atoms with E-state index in [1.54, 1.807) is 5.01 Å². The van der Waals surface area contributed by atoms with E-state index in [1.165, 1.54) is 19.0 Å². The monoisotopic (exact) mass is 334 g/mol. The molecule has 2 rings (SSSR count). The van der Waals surface area contributed by atoms with Crippen molar-refractivity contribution < 1.29 is 22.8 Å². The lowest BCUT2D eigenvalue weighted by atomic mass is 10.1. The summed E-state index contributed by atoms with van der Waals surface area (Å²) in [4.78, 5) is 11.6. The van der Waals surface area contributed by atoms with Gasteiger partial charge in [0.25, 0.3) is 5.69 Å². The van der Waals surface area contributed by atoms with Crippen molar-refractivity contribution >= 4 is 17.1 Å². The van der Waals surface area contributed by atoms with Gasteiger partial charge in [-0.2, -0.15) is 13.2 Å². The maximum Gasteiger partial charge on any atom is 0.418 e. The summed E-state index contributed by atoms with van der Waals surface area (Å²) in [5.41, 5.74) is 1.05. The Bertz CT molecular complexity index is 587. The van der Waals surface area contributed by atoms with Gasteiger partial charge in [-0.3, -0.25) is 10.1 Å². The first-order valence-electron chi connectivity index (χ1n) is 6.86. The van der Waals surface area contributed by atoms with Crippen molar-refractivity contribution in [3.05, 3.63) is 27.8 Å². The third-order valence-corrected chi connectivity index (χ3v) is 3.39. The van der Waals surface area contributed by atoms with E-state index >= 15 is 0 Å². The Labute approximate surface area is 130 Å². The number of alkyl halides is 3. The molecule has 0 radical (unpaired) electrons. The van der Waals surface area contributed by atoms with Crippen LogP contribution in [0.4, 0.5) is 30.2 Å². The van der Waals surface area contributed by atoms with Crippen molar-refractivity contribution in [2.45, 2.75) is 6.18 Å². The Balaban J connectivity index is 2.47.